The summed E-state index contributed by atoms with van der Waals surface area (Å²) >= 11 is 5.93. The van der Waals surface area contributed by atoms with Crippen molar-refractivity contribution < 1.29 is 14.3 Å². The van der Waals surface area contributed by atoms with Gasteiger partial charge in [-0.15, -0.1) is 0 Å². The van der Waals surface area contributed by atoms with E-state index in [9.17, 15) is 14.3 Å². The number of nitrogens with one attached hydrogen (secondary N) is 1. The fourth-order valence-electron chi connectivity index (χ4n) is 2.63. The lowest BCUT2D eigenvalue weighted by molar-refractivity contribution is 0.0937. The number of pyridine rings is 1. The maximum atomic E-state index is 13.7. The third kappa shape index (κ3) is 4.00. The molecule has 3 aromatic rings. The Morgan fingerprint density at radius 1 is 1.15 bits per heavy atom. The molecule has 1 aromatic heterocycles. The first kappa shape index (κ1) is 17.9. The number of amides is 1. The molecule has 2 N–H and O–H groups in total. The number of hydrogen-bond acceptors (Lipinski definition) is 3. The van der Waals surface area contributed by atoms with Crippen molar-refractivity contribution in [3.05, 3.63) is 94.0 Å². The van der Waals surface area contributed by atoms with Crippen LogP contribution in [-0.2, 0) is 0 Å². The minimum atomic E-state index is -0.766. The second-order valence-electron chi connectivity index (χ2n) is 5.83. The van der Waals surface area contributed by atoms with Crippen LogP contribution in [0.1, 0.15) is 33.4 Å². The van der Waals surface area contributed by atoms with Gasteiger partial charge in [-0.05, 0) is 55.0 Å². The predicted octanol–water partition coefficient (Wildman–Crippen LogP) is 4.41. The summed E-state index contributed by atoms with van der Waals surface area (Å²) in [5.74, 6) is -1.07. The van der Waals surface area contributed by atoms with Crippen LogP contribution < -0.4 is 5.32 Å². The number of carbonyl (C=O) groups excluding carboxylic acids is 1. The first-order valence-electron chi connectivity index (χ1n) is 7.92. The first-order chi connectivity index (χ1) is 12.4. The predicted molar refractivity (Wildman–Crippen MR) is 97.8 cm³/mol. The zero-order valence-corrected chi connectivity index (χ0v) is 14.7. The molecule has 0 radical (unpaired) electrons. The van der Waals surface area contributed by atoms with Gasteiger partial charge in [-0.2, -0.15) is 0 Å². The Morgan fingerprint density at radius 3 is 2.58 bits per heavy atom. The molecule has 0 aliphatic rings. The molecule has 0 saturated carbocycles. The maximum Gasteiger partial charge on any atom is 0.270 e. The number of phenolic OH excluding ortho intramolecular Hbond substituents is 1. The van der Waals surface area contributed by atoms with Crippen LogP contribution in [0.5, 0.6) is 5.75 Å². The zero-order chi connectivity index (χ0) is 18.7. The van der Waals surface area contributed by atoms with E-state index in [0.717, 1.165) is 6.07 Å². The molecule has 0 aliphatic heterocycles. The lowest BCUT2D eigenvalue weighted by Gasteiger charge is -2.21. The molecule has 0 fully saturated rings. The summed E-state index contributed by atoms with van der Waals surface area (Å²) in [4.78, 5) is 16.8. The van der Waals surface area contributed by atoms with E-state index in [1.807, 2.05) is 0 Å². The summed E-state index contributed by atoms with van der Waals surface area (Å²) < 4.78 is 13.7. The van der Waals surface area contributed by atoms with Gasteiger partial charge in [0.05, 0.1) is 6.04 Å². The first-order valence-corrected chi connectivity index (χ1v) is 8.30. The van der Waals surface area contributed by atoms with Crippen molar-refractivity contribution in [3.8, 4) is 5.75 Å². The second-order valence-corrected chi connectivity index (χ2v) is 6.26. The van der Waals surface area contributed by atoms with Crippen LogP contribution in [0.3, 0.4) is 0 Å². The van der Waals surface area contributed by atoms with E-state index in [4.69, 9.17) is 11.6 Å². The normalized spacial score (nSPS) is 11.8. The van der Waals surface area contributed by atoms with E-state index in [1.165, 1.54) is 12.1 Å². The summed E-state index contributed by atoms with van der Waals surface area (Å²) in [5.41, 5.74) is 1.83. The molecule has 0 spiro atoms. The molecule has 132 valence electrons. The van der Waals surface area contributed by atoms with Crippen LogP contribution in [-0.4, -0.2) is 16.0 Å². The molecular weight excluding hydrogens is 355 g/mol. The highest BCUT2D eigenvalue weighted by molar-refractivity contribution is 6.30. The molecule has 1 atom stereocenters. The lowest BCUT2D eigenvalue weighted by atomic mass is 9.97. The third-order valence-corrected chi connectivity index (χ3v) is 4.15. The van der Waals surface area contributed by atoms with Gasteiger partial charge < -0.3 is 10.4 Å². The highest BCUT2D eigenvalue weighted by Crippen LogP contribution is 2.31. The van der Waals surface area contributed by atoms with Crippen molar-refractivity contribution in [1.29, 1.82) is 0 Å². The number of carbonyl (C=O) groups is 1. The van der Waals surface area contributed by atoms with E-state index in [0.29, 0.717) is 16.3 Å². The summed E-state index contributed by atoms with van der Waals surface area (Å²) in [5, 5.41) is 13.5. The molecule has 0 saturated heterocycles. The van der Waals surface area contributed by atoms with Gasteiger partial charge in [0.2, 0.25) is 0 Å². The van der Waals surface area contributed by atoms with Crippen LogP contribution in [0, 0.1) is 12.7 Å². The van der Waals surface area contributed by atoms with Gasteiger partial charge in [0.1, 0.15) is 17.3 Å². The van der Waals surface area contributed by atoms with E-state index >= 15 is 0 Å². The van der Waals surface area contributed by atoms with Crippen molar-refractivity contribution in [1.82, 2.24) is 10.3 Å². The number of phenols is 1. The van der Waals surface area contributed by atoms with Crippen LogP contribution in [0.4, 0.5) is 4.39 Å². The molecule has 0 unspecified atom stereocenters. The van der Waals surface area contributed by atoms with Crippen molar-refractivity contribution in [2.45, 2.75) is 13.0 Å². The minimum Gasteiger partial charge on any atom is -0.508 e. The highest BCUT2D eigenvalue weighted by Gasteiger charge is 2.22. The van der Waals surface area contributed by atoms with Gasteiger partial charge in [0, 0.05) is 16.3 Å². The number of aryl methyl sites for hydroxylation is 1. The highest BCUT2D eigenvalue weighted by atomic mass is 35.5. The SMILES string of the molecule is Cc1cccc(C(=O)N[C@@H](c2ccc(Cl)cc2)c2cc(F)ccc2O)n1. The number of aromatic nitrogens is 1. The topological polar surface area (TPSA) is 62.2 Å². The molecular formula is C20H16ClFN2O2. The van der Waals surface area contributed by atoms with Gasteiger partial charge in [-0.1, -0.05) is 29.8 Å². The standard InChI is InChI=1S/C20H16ClFN2O2/c1-12-3-2-4-17(23-12)20(26)24-19(13-5-7-14(21)8-6-13)16-11-15(22)9-10-18(16)25/h2-11,19,25H,1H3,(H,24,26)/t19-/m0/s1. The molecule has 6 heteroatoms. The molecule has 4 nitrogen and oxygen atoms in total. The summed E-state index contributed by atoms with van der Waals surface area (Å²) in [6.07, 6.45) is 0. The molecule has 2 aromatic carbocycles. The lowest BCUT2D eigenvalue weighted by Crippen LogP contribution is -2.30. The number of halogens is 2. The Kier molecular flexibility index (Phi) is 5.19. The molecule has 3 rings (SSSR count). The number of nitrogens with zero attached hydrogens (tertiary/aromatic N) is 1. The summed E-state index contributed by atoms with van der Waals surface area (Å²) in [6, 6.07) is 14.7. The number of benzene rings is 2. The van der Waals surface area contributed by atoms with Gasteiger partial charge in [-0.3, -0.25) is 4.79 Å². The zero-order valence-electron chi connectivity index (χ0n) is 13.9. The minimum absolute atomic E-state index is 0.121. The summed E-state index contributed by atoms with van der Waals surface area (Å²) in [6.45, 7) is 1.78. The third-order valence-electron chi connectivity index (χ3n) is 3.90. The average Bonchev–Trinajstić information content (AvgIpc) is 2.62. The smallest absolute Gasteiger partial charge is 0.270 e. The number of aromatic hydroxyl groups is 1. The fraction of sp³-hybridized carbons (Fsp3) is 0.100. The van der Waals surface area contributed by atoms with Crippen molar-refractivity contribution in [2.75, 3.05) is 0 Å². The van der Waals surface area contributed by atoms with Crippen LogP contribution >= 0.6 is 11.6 Å². The largest absolute Gasteiger partial charge is 0.508 e. The van der Waals surface area contributed by atoms with E-state index in [2.05, 4.69) is 10.3 Å². The molecule has 1 amide bonds. The van der Waals surface area contributed by atoms with E-state index in [1.54, 1.807) is 49.4 Å². The Balaban J connectivity index is 2.01. The molecule has 26 heavy (non-hydrogen) atoms. The molecule has 0 aliphatic carbocycles. The molecule has 1 heterocycles. The van der Waals surface area contributed by atoms with Crippen LogP contribution in [0.15, 0.2) is 60.7 Å². The fourth-order valence-corrected chi connectivity index (χ4v) is 2.75. The Hall–Kier alpha value is -2.92. The van der Waals surface area contributed by atoms with Crippen LogP contribution in [0.25, 0.3) is 0 Å². The summed E-state index contributed by atoms with van der Waals surface area (Å²) in [7, 11) is 0. The second kappa shape index (κ2) is 7.54. The Labute approximate surface area is 155 Å². The van der Waals surface area contributed by atoms with E-state index < -0.39 is 17.8 Å². The van der Waals surface area contributed by atoms with Crippen molar-refractivity contribution >= 4 is 17.5 Å². The maximum absolute atomic E-state index is 13.7. The van der Waals surface area contributed by atoms with Gasteiger partial charge >= 0.3 is 0 Å². The van der Waals surface area contributed by atoms with Crippen molar-refractivity contribution in [3.63, 3.8) is 0 Å². The van der Waals surface area contributed by atoms with Gasteiger partial charge in [-0.25, -0.2) is 9.37 Å². The Bertz CT molecular complexity index is 945. The Morgan fingerprint density at radius 2 is 1.88 bits per heavy atom. The van der Waals surface area contributed by atoms with Gasteiger partial charge in [0.15, 0.2) is 0 Å². The van der Waals surface area contributed by atoms with Gasteiger partial charge in [0.25, 0.3) is 5.91 Å². The van der Waals surface area contributed by atoms with Crippen molar-refractivity contribution in [2.24, 2.45) is 0 Å². The monoisotopic (exact) mass is 370 g/mol. The number of hydrogen-bond donors (Lipinski definition) is 2. The quantitative estimate of drug-likeness (QED) is 0.715. The molecule has 0 bridgehead atoms. The average molecular weight is 371 g/mol. The van der Waals surface area contributed by atoms with Crippen LogP contribution in [0.2, 0.25) is 5.02 Å². The number of rotatable bonds is 4. The van der Waals surface area contributed by atoms with E-state index in [-0.39, 0.29) is 17.0 Å².